The fraction of sp³-hybridized carbons (Fsp3) is 0.125. The molecule has 5 heteroatoms. The van der Waals surface area contributed by atoms with Gasteiger partial charge < -0.3 is 5.32 Å². The summed E-state index contributed by atoms with van der Waals surface area (Å²) in [4.78, 5) is 16.4. The summed E-state index contributed by atoms with van der Waals surface area (Å²) < 4.78 is 15.1. The molecular formula is C16H12FIN2O. The fourth-order valence-electron chi connectivity index (χ4n) is 2.25. The average Bonchev–Trinajstić information content (AvgIpc) is 2.58. The number of hydrogen-bond acceptors (Lipinski definition) is 2. The third-order valence-corrected chi connectivity index (χ3v) is 4.00. The summed E-state index contributed by atoms with van der Waals surface area (Å²) in [6.45, 7) is 1.70. The summed E-state index contributed by atoms with van der Waals surface area (Å²) in [5.74, 6) is -0.536. The molecule has 1 aliphatic rings. The molecule has 1 aliphatic heterocycles. The van der Waals surface area contributed by atoms with Gasteiger partial charge in [-0.2, -0.15) is 0 Å². The van der Waals surface area contributed by atoms with Crippen LogP contribution in [0.4, 0.5) is 10.1 Å². The molecule has 0 saturated carbocycles. The Kier molecular flexibility index (Phi) is 3.75. The van der Waals surface area contributed by atoms with Crippen molar-refractivity contribution in [3.8, 4) is 0 Å². The number of benzodiazepines with no additional fused rings is 1. The lowest BCUT2D eigenvalue weighted by Crippen LogP contribution is -2.22. The molecule has 3 rings (SSSR count). The Bertz CT molecular complexity index is 758. The van der Waals surface area contributed by atoms with E-state index < -0.39 is 6.04 Å². The Hall–Kier alpha value is -1.76. The summed E-state index contributed by atoms with van der Waals surface area (Å²) in [6.07, 6.45) is 0. The minimum atomic E-state index is -0.565. The molecule has 0 bridgehead atoms. The Labute approximate surface area is 135 Å². The Morgan fingerprint density at radius 2 is 1.95 bits per heavy atom. The zero-order valence-corrected chi connectivity index (χ0v) is 13.4. The summed E-state index contributed by atoms with van der Waals surface area (Å²) in [5, 5.41) is 2.84. The maximum atomic E-state index is 14.1. The van der Waals surface area contributed by atoms with E-state index in [0.717, 1.165) is 9.13 Å². The van der Waals surface area contributed by atoms with E-state index in [1.54, 1.807) is 25.1 Å². The number of benzene rings is 2. The predicted molar refractivity (Wildman–Crippen MR) is 89.3 cm³/mol. The summed E-state index contributed by atoms with van der Waals surface area (Å²) in [7, 11) is 0. The summed E-state index contributed by atoms with van der Waals surface area (Å²) in [5.41, 5.74) is 2.31. The molecule has 2 aromatic rings. The predicted octanol–water partition coefficient (Wildman–Crippen LogP) is 3.61. The van der Waals surface area contributed by atoms with Gasteiger partial charge in [0.1, 0.15) is 11.9 Å². The molecular weight excluding hydrogens is 382 g/mol. The van der Waals surface area contributed by atoms with Crippen LogP contribution in [0.2, 0.25) is 0 Å². The van der Waals surface area contributed by atoms with Crippen molar-refractivity contribution in [3.63, 3.8) is 0 Å². The van der Waals surface area contributed by atoms with Gasteiger partial charge >= 0.3 is 0 Å². The molecule has 0 saturated heterocycles. The first-order valence-electron chi connectivity index (χ1n) is 6.50. The molecule has 21 heavy (non-hydrogen) atoms. The summed E-state index contributed by atoms with van der Waals surface area (Å²) in [6, 6.07) is 11.5. The molecule has 2 aromatic carbocycles. The van der Waals surface area contributed by atoms with E-state index in [1.165, 1.54) is 6.07 Å². The third-order valence-electron chi connectivity index (χ3n) is 3.33. The van der Waals surface area contributed by atoms with Gasteiger partial charge in [-0.1, -0.05) is 12.1 Å². The van der Waals surface area contributed by atoms with Crippen LogP contribution in [0.5, 0.6) is 0 Å². The highest BCUT2D eigenvalue weighted by Crippen LogP contribution is 2.27. The maximum Gasteiger partial charge on any atom is 0.248 e. The van der Waals surface area contributed by atoms with E-state index in [9.17, 15) is 9.18 Å². The molecule has 1 heterocycles. The molecule has 1 atom stereocenters. The highest BCUT2D eigenvalue weighted by Gasteiger charge is 2.24. The highest BCUT2D eigenvalue weighted by atomic mass is 127. The fourth-order valence-corrected chi connectivity index (χ4v) is 2.74. The zero-order chi connectivity index (χ0) is 15.0. The van der Waals surface area contributed by atoms with Crippen LogP contribution in [0.15, 0.2) is 47.5 Å². The van der Waals surface area contributed by atoms with Crippen molar-refractivity contribution in [3.05, 3.63) is 63.0 Å². The lowest BCUT2D eigenvalue weighted by Gasteiger charge is -2.11. The number of amides is 1. The summed E-state index contributed by atoms with van der Waals surface area (Å²) >= 11 is 2.19. The van der Waals surface area contributed by atoms with Gasteiger partial charge in [0.25, 0.3) is 0 Å². The second kappa shape index (κ2) is 5.55. The van der Waals surface area contributed by atoms with Crippen molar-refractivity contribution in [1.29, 1.82) is 0 Å². The number of carbonyl (C=O) groups is 1. The molecule has 1 amide bonds. The zero-order valence-electron chi connectivity index (χ0n) is 11.2. The Morgan fingerprint density at radius 1 is 1.19 bits per heavy atom. The van der Waals surface area contributed by atoms with Crippen LogP contribution in [0.25, 0.3) is 0 Å². The van der Waals surface area contributed by atoms with E-state index in [4.69, 9.17) is 0 Å². The topological polar surface area (TPSA) is 41.5 Å². The van der Waals surface area contributed by atoms with Crippen molar-refractivity contribution < 1.29 is 9.18 Å². The number of aliphatic imine (C=N–C) groups is 1. The molecule has 1 unspecified atom stereocenters. The Morgan fingerprint density at radius 3 is 2.71 bits per heavy atom. The smallest absolute Gasteiger partial charge is 0.248 e. The van der Waals surface area contributed by atoms with Crippen molar-refractivity contribution in [2.24, 2.45) is 4.99 Å². The van der Waals surface area contributed by atoms with Crippen LogP contribution in [0.3, 0.4) is 0 Å². The van der Waals surface area contributed by atoms with Gasteiger partial charge in [0.15, 0.2) is 0 Å². The standard InChI is InChI=1S/C16H12FIN2O/c1-9-16(21)20-14-7-6-10(18)8-12(14)15(19-9)11-4-2-3-5-13(11)17/h2-9H,1H3,(H,20,21). The second-order valence-electron chi connectivity index (χ2n) is 4.81. The van der Waals surface area contributed by atoms with Crippen LogP contribution in [-0.4, -0.2) is 17.7 Å². The number of hydrogen-bond donors (Lipinski definition) is 1. The van der Waals surface area contributed by atoms with E-state index >= 15 is 0 Å². The maximum absolute atomic E-state index is 14.1. The van der Waals surface area contributed by atoms with Crippen molar-refractivity contribution in [2.45, 2.75) is 13.0 Å². The molecule has 1 N–H and O–H groups in total. The third kappa shape index (κ3) is 2.70. The first-order valence-corrected chi connectivity index (χ1v) is 7.57. The molecule has 0 aromatic heterocycles. The van der Waals surface area contributed by atoms with Gasteiger partial charge in [0, 0.05) is 14.7 Å². The van der Waals surface area contributed by atoms with Gasteiger partial charge in [-0.25, -0.2) is 4.39 Å². The number of carbonyl (C=O) groups excluding carboxylic acids is 1. The van der Waals surface area contributed by atoms with E-state index in [2.05, 4.69) is 32.9 Å². The number of nitrogens with zero attached hydrogens (tertiary/aromatic N) is 1. The second-order valence-corrected chi connectivity index (χ2v) is 6.06. The van der Waals surface area contributed by atoms with Gasteiger partial charge in [0.2, 0.25) is 5.91 Å². The monoisotopic (exact) mass is 394 g/mol. The van der Waals surface area contributed by atoms with Crippen LogP contribution in [0.1, 0.15) is 18.1 Å². The number of fused-ring (bicyclic) bond motifs is 1. The number of anilines is 1. The number of halogens is 2. The van der Waals surface area contributed by atoms with Crippen LogP contribution >= 0.6 is 22.6 Å². The van der Waals surface area contributed by atoms with Crippen molar-refractivity contribution >= 4 is 39.9 Å². The van der Waals surface area contributed by atoms with E-state index in [-0.39, 0.29) is 11.7 Å². The van der Waals surface area contributed by atoms with Gasteiger partial charge in [-0.3, -0.25) is 9.79 Å². The largest absolute Gasteiger partial charge is 0.324 e. The van der Waals surface area contributed by atoms with Gasteiger partial charge in [-0.15, -0.1) is 0 Å². The van der Waals surface area contributed by atoms with E-state index in [0.29, 0.717) is 17.0 Å². The molecule has 0 aliphatic carbocycles. The van der Waals surface area contributed by atoms with Crippen molar-refractivity contribution in [1.82, 2.24) is 0 Å². The molecule has 3 nitrogen and oxygen atoms in total. The van der Waals surface area contributed by atoms with Gasteiger partial charge in [-0.05, 0) is 59.8 Å². The Balaban J connectivity index is 2.27. The number of nitrogens with one attached hydrogen (secondary N) is 1. The molecule has 0 radical (unpaired) electrons. The first-order chi connectivity index (χ1) is 10.1. The van der Waals surface area contributed by atoms with Crippen LogP contribution < -0.4 is 5.32 Å². The quantitative estimate of drug-likeness (QED) is 0.738. The number of rotatable bonds is 1. The SMILES string of the molecule is CC1N=C(c2ccccc2F)c2cc(I)ccc2NC1=O. The lowest BCUT2D eigenvalue weighted by atomic mass is 10.00. The molecule has 0 fully saturated rings. The first kappa shape index (κ1) is 14.2. The average molecular weight is 394 g/mol. The van der Waals surface area contributed by atoms with Gasteiger partial charge in [0.05, 0.1) is 11.4 Å². The normalized spacial score (nSPS) is 17.6. The highest BCUT2D eigenvalue weighted by molar-refractivity contribution is 14.1. The lowest BCUT2D eigenvalue weighted by molar-refractivity contribution is -0.116. The van der Waals surface area contributed by atoms with Crippen LogP contribution in [-0.2, 0) is 4.79 Å². The minimum absolute atomic E-state index is 0.191. The molecule has 0 spiro atoms. The molecule has 106 valence electrons. The van der Waals surface area contributed by atoms with E-state index in [1.807, 2.05) is 18.2 Å². The van der Waals surface area contributed by atoms with Crippen LogP contribution in [0, 0.1) is 9.39 Å². The minimum Gasteiger partial charge on any atom is -0.324 e. The van der Waals surface area contributed by atoms with Crippen molar-refractivity contribution in [2.75, 3.05) is 5.32 Å².